The maximum absolute atomic E-state index is 10.3. The average Bonchev–Trinajstić information content (AvgIpc) is 3.06. The summed E-state index contributed by atoms with van der Waals surface area (Å²) >= 11 is 0. The predicted octanol–water partition coefficient (Wildman–Crippen LogP) is 2.66. The van der Waals surface area contributed by atoms with E-state index in [1.807, 2.05) is 0 Å². The number of H-pyrrole nitrogens is 1. The Kier molecular flexibility index (Phi) is 3.55. The lowest BCUT2D eigenvalue weighted by Crippen LogP contribution is -2.54. The summed E-state index contributed by atoms with van der Waals surface area (Å²) < 4.78 is 13.3. The van der Waals surface area contributed by atoms with Gasteiger partial charge in [-0.3, -0.25) is 0 Å². The molecule has 5 heteroatoms. The number of aliphatic hydroxyl groups excluding tert-OH is 1. The van der Waals surface area contributed by atoms with E-state index in [1.165, 1.54) is 29.1 Å². The van der Waals surface area contributed by atoms with E-state index in [4.69, 9.17) is 9.47 Å². The number of nitrogens with one attached hydrogen (secondary N) is 1. The van der Waals surface area contributed by atoms with Crippen molar-refractivity contribution < 1.29 is 19.1 Å². The quantitative estimate of drug-likeness (QED) is 0.551. The lowest BCUT2D eigenvalue weighted by Gasteiger charge is -2.38. The van der Waals surface area contributed by atoms with Crippen molar-refractivity contribution in [3.63, 3.8) is 0 Å². The molecule has 2 N–H and O–H groups in total. The second-order valence-electron chi connectivity index (χ2n) is 7.40. The highest BCUT2D eigenvalue weighted by Gasteiger charge is 2.44. The van der Waals surface area contributed by atoms with Crippen LogP contribution in [0.3, 0.4) is 0 Å². The summed E-state index contributed by atoms with van der Waals surface area (Å²) in [4.78, 5) is 3.61. The summed E-state index contributed by atoms with van der Waals surface area (Å²) in [6.07, 6.45) is 3.96. The highest BCUT2D eigenvalue weighted by atomic mass is 16.6. The fourth-order valence-electron chi connectivity index (χ4n) is 4.66. The van der Waals surface area contributed by atoms with E-state index >= 15 is 0 Å². The molecule has 0 bridgehead atoms. The number of aliphatic hydroxyl groups is 1. The van der Waals surface area contributed by atoms with Gasteiger partial charge in [0.2, 0.25) is 5.69 Å². The molecule has 134 valence electrons. The maximum Gasteiger partial charge on any atom is 0.206 e. The number of ether oxygens (including phenoxy) is 2. The lowest BCUT2D eigenvalue weighted by molar-refractivity contribution is -0.718. The Hall–Kier alpha value is -2.37. The first-order chi connectivity index (χ1) is 12.7. The molecule has 26 heavy (non-hydrogen) atoms. The van der Waals surface area contributed by atoms with Gasteiger partial charge in [0.25, 0.3) is 0 Å². The molecule has 4 heterocycles. The minimum atomic E-state index is -0.913. The number of para-hydroxylation sites is 1. The molecular formula is C21H23N2O3+. The number of methoxy groups -OCH3 is 1. The Morgan fingerprint density at radius 2 is 2.12 bits per heavy atom. The molecule has 2 aliphatic rings. The van der Waals surface area contributed by atoms with Gasteiger partial charge in [-0.15, -0.1) is 0 Å². The Bertz CT molecular complexity index is 1020. The van der Waals surface area contributed by atoms with Crippen LogP contribution in [0.1, 0.15) is 12.6 Å². The summed E-state index contributed by atoms with van der Waals surface area (Å²) in [5.41, 5.74) is 4.47. The molecule has 0 spiro atoms. The number of aromatic amines is 1. The van der Waals surface area contributed by atoms with Crippen molar-refractivity contribution in [1.82, 2.24) is 4.98 Å². The molecule has 3 aromatic rings. The molecule has 0 aliphatic carbocycles. The van der Waals surface area contributed by atoms with Crippen LogP contribution >= 0.6 is 0 Å². The highest BCUT2D eigenvalue weighted by Crippen LogP contribution is 2.39. The van der Waals surface area contributed by atoms with Gasteiger partial charge in [0.15, 0.2) is 19.0 Å². The molecule has 0 fully saturated rings. The van der Waals surface area contributed by atoms with Gasteiger partial charge in [0, 0.05) is 47.4 Å². The maximum atomic E-state index is 10.3. The predicted molar refractivity (Wildman–Crippen MR) is 98.3 cm³/mol. The van der Waals surface area contributed by atoms with Crippen molar-refractivity contribution in [3.05, 3.63) is 54.1 Å². The topological polar surface area (TPSA) is 58.4 Å². The fourth-order valence-corrected chi connectivity index (χ4v) is 4.66. The van der Waals surface area contributed by atoms with E-state index in [9.17, 15) is 5.11 Å². The van der Waals surface area contributed by atoms with E-state index in [0.717, 1.165) is 24.1 Å². The van der Waals surface area contributed by atoms with Crippen LogP contribution < -0.4 is 4.57 Å². The number of benzene rings is 1. The second kappa shape index (κ2) is 5.83. The van der Waals surface area contributed by atoms with Gasteiger partial charge >= 0.3 is 0 Å². The molecule has 0 radical (unpaired) electrons. The number of hydrogen-bond acceptors (Lipinski definition) is 3. The monoisotopic (exact) mass is 351 g/mol. The molecule has 5 rings (SSSR count). The van der Waals surface area contributed by atoms with Gasteiger partial charge in [-0.25, -0.2) is 4.57 Å². The summed E-state index contributed by atoms with van der Waals surface area (Å²) in [6.45, 7) is 2.98. The first-order valence-corrected chi connectivity index (χ1v) is 9.15. The summed E-state index contributed by atoms with van der Waals surface area (Å²) in [5.74, 6) is 0.532. The first kappa shape index (κ1) is 15.9. The van der Waals surface area contributed by atoms with Gasteiger partial charge in [0.1, 0.15) is 11.6 Å². The summed E-state index contributed by atoms with van der Waals surface area (Å²) in [7, 11) is 1.53. The van der Waals surface area contributed by atoms with Crippen LogP contribution in [0, 0.1) is 11.8 Å². The van der Waals surface area contributed by atoms with Gasteiger partial charge in [-0.2, -0.15) is 0 Å². The number of hydrogen-bond donors (Lipinski definition) is 2. The molecule has 2 aromatic heterocycles. The van der Waals surface area contributed by atoms with Crippen LogP contribution in [-0.4, -0.2) is 29.6 Å². The Morgan fingerprint density at radius 3 is 2.96 bits per heavy atom. The Labute approximate surface area is 151 Å². The van der Waals surface area contributed by atoms with Crippen LogP contribution in [0.2, 0.25) is 0 Å². The molecule has 1 aromatic carbocycles. The number of aromatic nitrogens is 2. The fraction of sp³-hybridized carbons (Fsp3) is 0.381. The number of nitrogens with zero attached hydrogens (tertiary/aromatic N) is 1. The third kappa shape index (κ3) is 2.20. The third-order valence-electron chi connectivity index (χ3n) is 6.10. The Balaban J connectivity index is 1.67. The van der Waals surface area contributed by atoms with Crippen molar-refractivity contribution in [2.75, 3.05) is 7.11 Å². The molecule has 0 amide bonds. The first-order valence-electron chi connectivity index (χ1n) is 9.15. The standard InChI is InChI=1S/C21H22N2O3/c1-12-16-10-23-8-7-14-13-5-3-4-6-18(13)22-20(14)19(23)9-15(16)17(11-26-12)21(24)25-2/h3-8,11-12,15-16,21,24H,9-10H2,1-2H3/p+1/t12-,15-,16?,21?/m0/s1. The van der Waals surface area contributed by atoms with Crippen LogP contribution in [0.25, 0.3) is 21.8 Å². The summed E-state index contributed by atoms with van der Waals surface area (Å²) in [6, 6.07) is 10.6. The molecular weight excluding hydrogens is 328 g/mol. The van der Waals surface area contributed by atoms with Crippen molar-refractivity contribution in [2.24, 2.45) is 11.8 Å². The van der Waals surface area contributed by atoms with E-state index in [0.29, 0.717) is 5.92 Å². The van der Waals surface area contributed by atoms with Crippen molar-refractivity contribution in [3.8, 4) is 0 Å². The van der Waals surface area contributed by atoms with Gasteiger partial charge in [0.05, 0.1) is 12.2 Å². The van der Waals surface area contributed by atoms with Crippen LogP contribution in [-0.2, 0) is 22.4 Å². The highest BCUT2D eigenvalue weighted by molar-refractivity contribution is 6.07. The van der Waals surface area contributed by atoms with Gasteiger partial charge < -0.3 is 19.6 Å². The van der Waals surface area contributed by atoms with E-state index in [1.54, 1.807) is 6.26 Å². The zero-order valence-electron chi connectivity index (χ0n) is 15.0. The third-order valence-corrected chi connectivity index (χ3v) is 6.10. The van der Waals surface area contributed by atoms with Crippen molar-refractivity contribution >= 4 is 21.8 Å². The van der Waals surface area contributed by atoms with E-state index < -0.39 is 6.29 Å². The van der Waals surface area contributed by atoms with Crippen LogP contribution in [0.4, 0.5) is 0 Å². The molecule has 0 saturated carbocycles. The molecule has 2 aliphatic heterocycles. The second-order valence-corrected chi connectivity index (χ2v) is 7.40. The average molecular weight is 351 g/mol. The largest absolute Gasteiger partial charge is 0.498 e. The normalized spacial score (nSPS) is 26.1. The van der Waals surface area contributed by atoms with Crippen molar-refractivity contribution in [1.29, 1.82) is 0 Å². The van der Waals surface area contributed by atoms with E-state index in [-0.39, 0.29) is 12.0 Å². The number of rotatable bonds is 2. The van der Waals surface area contributed by atoms with E-state index in [2.05, 4.69) is 53.0 Å². The molecule has 0 saturated heterocycles. The lowest BCUT2D eigenvalue weighted by atomic mass is 9.75. The molecule has 2 unspecified atom stereocenters. The SMILES string of the molecule is COC(O)C1=CO[C@@H](C)C2C[n+]3ccc4c([nH]c5ccccc54)c3C[C@H]12. The zero-order chi connectivity index (χ0) is 17.8. The molecule has 5 nitrogen and oxygen atoms in total. The van der Waals surface area contributed by atoms with Crippen molar-refractivity contribution in [2.45, 2.75) is 32.3 Å². The summed E-state index contributed by atoms with van der Waals surface area (Å²) in [5, 5.41) is 12.8. The number of pyridine rings is 1. The smallest absolute Gasteiger partial charge is 0.206 e. The minimum Gasteiger partial charge on any atom is -0.498 e. The number of fused-ring (bicyclic) bond motifs is 6. The molecule has 4 atom stereocenters. The minimum absolute atomic E-state index is 0.117. The van der Waals surface area contributed by atoms with Crippen LogP contribution in [0.5, 0.6) is 0 Å². The van der Waals surface area contributed by atoms with Gasteiger partial charge in [-0.1, -0.05) is 18.2 Å². The Morgan fingerprint density at radius 1 is 1.27 bits per heavy atom. The zero-order valence-corrected chi connectivity index (χ0v) is 15.0. The van der Waals surface area contributed by atoms with Gasteiger partial charge in [-0.05, 0) is 13.0 Å². The van der Waals surface area contributed by atoms with Crippen LogP contribution in [0.15, 0.2) is 48.4 Å².